The molecule has 0 atom stereocenters. The SMILES string of the molecule is Cc1cc(-c2ccc(CC(C)(C)C)c(S(=O)(=O)O)c2)ccc1CC(C)(C)C. The zero-order valence-electron chi connectivity index (χ0n) is 17.6. The van der Waals surface area contributed by atoms with E-state index in [0.717, 1.165) is 17.5 Å². The van der Waals surface area contributed by atoms with Gasteiger partial charge in [-0.2, -0.15) is 8.42 Å². The Morgan fingerprint density at radius 2 is 1.22 bits per heavy atom. The summed E-state index contributed by atoms with van der Waals surface area (Å²) in [7, 11) is -4.28. The van der Waals surface area contributed by atoms with Gasteiger partial charge in [0, 0.05) is 0 Å². The van der Waals surface area contributed by atoms with Crippen LogP contribution in [0.4, 0.5) is 0 Å². The third kappa shape index (κ3) is 6.18. The number of hydrogen-bond acceptors (Lipinski definition) is 2. The molecule has 0 saturated carbocycles. The van der Waals surface area contributed by atoms with Gasteiger partial charge < -0.3 is 0 Å². The molecule has 2 rings (SSSR count). The topological polar surface area (TPSA) is 54.4 Å². The predicted molar refractivity (Wildman–Crippen MR) is 113 cm³/mol. The Labute approximate surface area is 164 Å². The maximum Gasteiger partial charge on any atom is 0.294 e. The third-order valence-electron chi connectivity index (χ3n) is 4.46. The van der Waals surface area contributed by atoms with E-state index in [-0.39, 0.29) is 15.7 Å². The normalized spacial score (nSPS) is 13.0. The number of benzene rings is 2. The van der Waals surface area contributed by atoms with Crippen LogP contribution in [0.1, 0.15) is 58.2 Å². The van der Waals surface area contributed by atoms with Gasteiger partial charge in [0.15, 0.2) is 0 Å². The summed E-state index contributed by atoms with van der Waals surface area (Å²) in [4.78, 5) is 0.00588. The molecule has 0 aliphatic carbocycles. The molecule has 0 aliphatic heterocycles. The summed E-state index contributed by atoms with van der Waals surface area (Å²) in [5, 5.41) is 0. The molecule has 0 spiro atoms. The van der Waals surface area contributed by atoms with Gasteiger partial charge in [-0.15, -0.1) is 0 Å². The van der Waals surface area contributed by atoms with E-state index in [2.05, 4.69) is 39.8 Å². The third-order valence-corrected chi connectivity index (χ3v) is 5.40. The van der Waals surface area contributed by atoms with Crippen LogP contribution in [-0.4, -0.2) is 13.0 Å². The lowest BCUT2D eigenvalue weighted by Gasteiger charge is -2.21. The molecule has 0 aliphatic rings. The molecule has 0 aromatic heterocycles. The van der Waals surface area contributed by atoms with E-state index >= 15 is 0 Å². The Kier molecular flexibility index (Phi) is 5.93. The van der Waals surface area contributed by atoms with Crippen molar-refractivity contribution in [2.75, 3.05) is 0 Å². The Morgan fingerprint density at radius 3 is 1.67 bits per heavy atom. The van der Waals surface area contributed by atoms with Gasteiger partial charge in [-0.1, -0.05) is 71.9 Å². The molecular weight excluding hydrogens is 356 g/mol. The lowest BCUT2D eigenvalue weighted by atomic mass is 9.85. The first-order valence-corrected chi connectivity index (χ1v) is 10.8. The van der Waals surface area contributed by atoms with Crippen LogP contribution in [0.3, 0.4) is 0 Å². The van der Waals surface area contributed by atoms with Gasteiger partial charge in [-0.3, -0.25) is 4.55 Å². The Hall–Kier alpha value is -1.65. The Morgan fingerprint density at radius 1 is 0.778 bits per heavy atom. The van der Waals surface area contributed by atoms with Crippen molar-refractivity contribution >= 4 is 10.1 Å². The minimum absolute atomic E-state index is 0.00588. The van der Waals surface area contributed by atoms with Crippen molar-refractivity contribution in [2.24, 2.45) is 10.8 Å². The highest BCUT2D eigenvalue weighted by atomic mass is 32.2. The summed E-state index contributed by atoms with van der Waals surface area (Å²) in [6.45, 7) is 14.9. The van der Waals surface area contributed by atoms with Gasteiger partial charge in [0.05, 0.1) is 4.90 Å². The van der Waals surface area contributed by atoms with E-state index in [4.69, 9.17) is 0 Å². The minimum atomic E-state index is -4.28. The standard InChI is InChI=1S/C23H32O3S/c1-16-12-17(8-10-19(16)14-22(2,3)4)18-9-11-20(15-23(5,6)7)21(13-18)27(24,25)26/h8-13H,14-15H2,1-7H3,(H,24,25,26). The van der Waals surface area contributed by atoms with E-state index < -0.39 is 10.1 Å². The van der Waals surface area contributed by atoms with Crippen LogP contribution in [0.25, 0.3) is 11.1 Å². The van der Waals surface area contributed by atoms with Crippen LogP contribution in [0.2, 0.25) is 0 Å². The average molecular weight is 389 g/mol. The Bertz CT molecular complexity index is 927. The van der Waals surface area contributed by atoms with E-state index in [1.54, 1.807) is 6.07 Å². The maximum atomic E-state index is 12.0. The van der Waals surface area contributed by atoms with E-state index in [0.29, 0.717) is 12.0 Å². The quantitative estimate of drug-likeness (QED) is 0.645. The molecule has 3 nitrogen and oxygen atoms in total. The lowest BCUT2D eigenvalue weighted by molar-refractivity contribution is 0.406. The fourth-order valence-electron chi connectivity index (χ4n) is 3.34. The van der Waals surface area contributed by atoms with Crippen LogP contribution in [0.5, 0.6) is 0 Å². The van der Waals surface area contributed by atoms with Gasteiger partial charge in [0.25, 0.3) is 10.1 Å². The first kappa shape index (κ1) is 21.6. The second-order valence-electron chi connectivity index (χ2n) is 9.91. The summed E-state index contributed by atoms with van der Waals surface area (Å²) in [5.74, 6) is 0. The van der Waals surface area contributed by atoms with Crippen molar-refractivity contribution < 1.29 is 13.0 Å². The second kappa shape index (κ2) is 7.40. The Balaban J connectivity index is 2.49. The van der Waals surface area contributed by atoms with Crippen LogP contribution < -0.4 is 0 Å². The van der Waals surface area contributed by atoms with Gasteiger partial charge in [0.1, 0.15) is 0 Å². The molecule has 0 saturated heterocycles. The van der Waals surface area contributed by atoms with Crippen molar-refractivity contribution in [1.29, 1.82) is 0 Å². The number of rotatable bonds is 4. The second-order valence-corrected chi connectivity index (χ2v) is 11.3. The highest BCUT2D eigenvalue weighted by molar-refractivity contribution is 7.85. The van der Waals surface area contributed by atoms with Gasteiger partial charge in [0.2, 0.25) is 0 Å². The van der Waals surface area contributed by atoms with Gasteiger partial charge in [-0.25, -0.2) is 0 Å². The monoisotopic (exact) mass is 388 g/mol. The molecule has 0 radical (unpaired) electrons. The van der Waals surface area contributed by atoms with Crippen LogP contribution in [0, 0.1) is 17.8 Å². The summed E-state index contributed by atoms with van der Waals surface area (Å²) < 4.78 is 33.6. The highest BCUT2D eigenvalue weighted by Crippen LogP contribution is 2.31. The van der Waals surface area contributed by atoms with Crippen molar-refractivity contribution in [1.82, 2.24) is 0 Å². The van der Waals surface area contributed by atoms with E-state index in [1.165, 1.54) is 11.1 Å². The highest BCUT2D eigenvalue weighted by Gasteiger charge is 2.21. The van der Waals surface area contributed by atoms with Crippen LogP contribution >= 0.6 is 0 Å². The molecular formula is C23H32O3S. The summed E-state index contributed by atoms with van der Waals surface area (Å²) in [6.07, 6.45) is 1.56. The molecule has 4 heteroatoms. The fraction of sp³-hybridized carbons (Fsp3) is 0.478. The van der Waals surface area contributed by atoms with E-state index in [1.807, 2.05) is 39.0 Å². The smallest absolute Gasteiger partial charge is 0.282 e. The molecule has 27 heavy (non-hydrogen) atoms. The number of hydrogen-bond donors (Lipinski definition) is 1. The first-order valence-electron chi connectivity index (χ1n) is 9.36. The van der Waals surface area contributed by atoms with Gasteiger partial charge in [-0.05, 0) is 64.5 Å². The maximum absolute atomic E-state index is 12.0. The molecule has 0 heterocycles. The molecule has 0 unspecified atom stereocenters. The molecule has 0 fully saturated rings. The number of aryl methyl sites for hydroxylation is 1. The molecule has 1 N–H and O–H groups in total. The summed E-state index contributed by atoms with van der Waals surface area (Å²) >= 11 is 0. The van der Waals surface area contributed by atoms with Crippen molar-refractivity contribution in [3.63, 3.8) is 0 Å². The first-order chi connectivity index (χ1) is 12.2. The molecule has 0 amide bonds. The predicted octanol–water partition coefficient (Wildman–Crippen LogP) is 6.09. The van der Waals surface area contributed by atoms with E-state index in [9.17, 15) is 13.0 Å². The summed E-state index contributed by atoms with van der Waals surface area (Å²) in [5.41, 5.74) is 5.02. The largest absolute Gasteiger partial charge is 0.294 e. The van der Waals surface area contributed by atoms with Crippen LogP contribution in [-0.2, 0) is 23.0 Å². The average Bonchev–Trinajstić information content (AvgIpc) is 2.46. The molecule has 2 aromatic carbocycles. The minimum Gasteiger partial charge on any atom is -0.282 e. The van der Waals surface area contributed by atoms with Crippen molar-refractivity contribution in [2.45, 2.75) is 66.2 Å². The fourth-order valence-corrected chi connectivity index (χ4v) is 4.08. The molecule has 0 bridgehead atoms. The summed E-state index contributed by atoms with van der Waals surface area (Å²) in [6, 6.07) is 11.6. The molecule has 2 aromatic rings. The molecule has 148 valence electrons. The lowest BCUT2D eigenvalue weighted by Crippen LogP contribution is -2.13. The zero-order valence-corrected chi connectivity index (χ0v) is 18.4. The van der Waals surface area contributed by atoms with Crippen molar-refractivity contribution in [3.05, 3.63) is 53.1 Å². The zero-order chi connectivity index (χ0) is 20.6. The van der Waals surface area contributed by atoms with Crippen LogP contribution in [0.15, 0.2) is 41.3 Å². The van der Waals surface area contributed by atoms with Gasteiger partial charge >= 0.3 is 0 Å². The van der Waals surface area contributed by atoms with Crippen molar-refractivity contribution in [3.8, 4) is 11.1 Å².